The number of likely N-dealkylation sites (tertiary alicyclic amines) is 1. The number of oxime groups is 1. The van der Waals surface area contributed by atoms with E-state index in [0.29, 0.717) is 32.5 Å². The molecule has 3 rings (SSSR count). The Morgan fingerprint density at radius 2 is 2.12 bits per heavy atom. The molecule has 0 aliphatic carbocycles. The maximum Gasteiger partial charge on any atom is 0.310 e. The first-order chi connectivity index (χ1) is 12.6. The van der Waals surface area contributed by atoms with Crippen LogP contribution in [0.3, 0.4) is 0 Å². The Morgan fingerprint density at radius 3 is 2.85 bits per heavy atom. The number of nitrogens with zero attached hydrogens (tertiary/aromatic N) is 2. The van der Waals surface area contributed by atoms with E-state index in [4.69, 9.17) is 9.57 Å². The molecule has 1 saturated heterocycles. The lowest BCUT2D eigenvalue weighted by molar-refractivity contribution is -0.153. The Morgan fingerprint density at radius 1 is 1.35 bits per heavy atom. The summed E-state index contributed by atoms with van der Waals surface area (Å²) in [6.07, 6.45) is 1.80. The molecule has 0 aromatic heterocycles. The summed E-state index contributed by atoms with van der Waals surface area (Å²) >= 11 is 0. The Hall–Kier alpha value is -2.44. The van der Waals surface area contributed by atoms with Gasteiger partial charge in [0.05, 0.1) is 18.2 Å². The second kappa shape index (κ2) is 8.29. The predicted octanol–water partition coefficient (Wildman–Crippen LogP) is 2.31. The molecule has 6 nitrogen and oxygen atoms in total. The highest BCUT2D eigenvalue weighted by molar-refractivity contribution is 5.94. The summed E-state index contributed by atoms with van der Waals surface area (Å²) in [4.78, 5) is 31.6. The minimum atomic E-state index is -0.647. The third-order valence-electron chi connectivity index (χ3n) is 4.68. The van der Waals surface area contributed by atoms with Crippen LogP contribution in [-0.2, 0) is 25.6 Å². The molecule has 2 atom stereocenters. The van der Waals surface area contributed by atoms with E-state index in [1.165, 1.54) is 12.1 Å². The van der Waals surface area contributed by atoms with Gasteiger partial charge in [-0.2, -0.15) is 0 Å². The summed E-state index contributed by atoms with van der Waals surface area (Å²) in [6.45, 7) is 3.10. The molecule has 0 saturated carbocycles. The van der Waals surface area contributed by atoms with Crippen LogP contribution < -0.4 is 0 Å². The Bertz CT molecular complexity index is 689. The number of esters is 1. The molecule has 1 aromatic rings. The van der Waals surface area contributed by atoms with Gasteiger partial charge in [-0.05, 0) is 37.5 Å². The van der Waals surface area contributed by atoms with E-state index in [0.717, 1.165) is 24.1 Å². The number of amides is 1. The van der Waals surface area contributed by atoms with Crippen molar-refractivity contribution in [3.63, 3.8) is 0 Å². The van der Waals surface area contributed by atoms with Gasteiger partial charge in [0.15, 0.2) is 0 Å². The lowest BCUT2D eigenvalue weighted by atomic mass is 9.97. The molecular weight excluding hydrogens is 339 g/mol. The minimum Gasteiger partial charge on any atom is -0.466 e. The molecule has 0 unspecified atom stereocenters. The molecule has 140 valence electrons. The largest absolute Gasteiger partial charge is 0.466 e. The molecule has 7 heteroatoms. The summed E-state index contributed by atoms with van der Waals surface area (Å²) < 4.78 is 18.0. The fourth-order valence-corrected chi connectivity index (χ4v) is 3.33. The van der Waals surface area contributed by atoms with Gasteiger partial charge in [-0.15, -0.1) is 0 Å². The molecule has 2 aliphatic heterocycles. The lowest BCUT2D eigenvalue weighted by Crippen LogP contribution is -2.47. The molecule has 26 heavy (non-hydrogen) atoms. The van der Waals surface area contributed by atoms with Crippen molar-refractivity contribution in [2.75, 3.05) is 19.7 Å². The molecule has 0 spiro atoms. The Balaban J connectivity index is 1.53. The number of ether oxygens (including phenoxy) is 1. The second-order valence-electron chi connectivity index (χ2n) is 6.63. The van der Waals surface area contributed by atoms with Gasteiger partial charge in [0, 0.05) is 25.9 Å². The Labute approximate surface area is 151 Å². The van der Waals surface area contributed by atoms with Crippen molar-refractivity contribution >= 4 is 17.6 Å². The van der Waals surface area contributed by atoms with Crippen molar-refractivity contribution < 1.29 is 23.6 Å². The summed E-state index contributed by atoms with van der Waals surface area (Å²) in [5.41, 5.74) is 1.68. The third kappa shape index (κ3) is 4.39. The molecule has 2 heterocycles. The van der Waals surface area contributed by atoms with Gasteiger partial charge in [-0.1, -0.05) is 17.3 Å². The zero-order valence-corrected chi connectivity index (χ0v) is 14.8. The maximum absolute atomic E-state index is 13.0. The highest BCUT2D eigenvalue weighted by Gasteiger charge is 2.36. The third-order valence-corrected chi connectivity index (χ3v) is 4.68. The molecule has 1 amide bonds. The summed E-state index contributed by atoms with van der Waals surface area (Å²) in [7, 11) is 0. The minimum absolute atomic E-state index is 0.142. The first-order valence-corrected chi connectivity index (χ1v) is 8.98. The van der Waals surface area contributed by atoms with Crippen molar-refractivity contribution in [3.8, 4) is 0 Å². The van der Waals surface area contributed by atoms with Crippen LogP contribution in [0, 0.1) is 11.7 Å². The number of carbonyl (C=O) groups is 2. The molecule has 2 aliphatic rings. The van der Waals surface area contributed by atoms with E-state index in [2.05, 4.69) is 5.16 Å². The van der Waals surface area contributed by atoms with Crippen molar-refractivity contribution in [2.24, 2.45) is 11.1 Å². The second-order valence-corrected chi connectivity index (χ2v) is 6.63. The van der Waals surface area contributed by atoms with Gasteiger partial charge in [0.1, 0.15) is 5.82 Å². The number of hydrogen-bond acceptors (Lipinski definition) is 5. The van der Waals surface area contributed by atoms with Crippen LogP contribution in [0.15, 0.2) is 29.4 Å². The van der Waals surface area contributed by atoms with Crippen molar-refractivity contribution in [1.29, 1.82) is 0 Å². The van der Waals surface area contributed by atoms with E-state index >= 15 is 0 Å². The first-order valence-electron chi connectivity index (χ1n) is 8.98. The molecule has 0 N–H and O–H groups in total. The quantitative estimate of drug-likeness (QED) is 0.754. The summed E-state index contributed by atoms with van der Waals surface area (Å²) in [5.74, 6) is -0.941. The first kappa shape index (κ1) is 18.4. The van der Waals surface area contributed by atoms with E-state index in [-0.39, 0.29) is 23.6 Å². The number of halogens is 1. The van der Waals surface area contributed by atoms with Crippen molar-refractivity contribution in [1.82, 2.24) is 4.90 Å². The van der Waals surface area contributed by atoms with E-state index < -0.39 is 6.10 Å². The number of rotatable bonds is 5. The van der Waals surface area contributed by atoms with Gasteiger partial charge in [-0.25, -0.2) is 4.39 Å². The average Bonchev–Trinajstić information content (AvgIpc) is 3.12. The predicted molar refractivity (Wildman–Crippen MR) is 93.0 cm³/mol. The van der Waals surface area contributed by atoms with E-state index in [1.54, 1.807) is 24.0 Å². The number of carbonyl (C=O) groups excluding carboxylic acids is 2. The molecular formula is C19H23FN2O4. The SMILES string of the molecule is CCOC(=O)[C@H]1CCCN(C(=O)[C@@H]2CC(Cc3ccc(F)cc3)=NO2)C1. The van der Waals surface area contributed by atoms with Crippen LogP contribution in [0.2, 0.25) is 0 Å². The maximum atomic E-state index is 13.0. The monoisotopic (exact) mass is 362 g/mol. The topological polar surface area (TPSA) is 68.2 Å². The van der Waals surface area contributed by atoms with Crippen molar-refractivity contribution in [2.45, 2.75) is 38.7 Å². The van der Waals surface area contributed by atoms with Crippen LogP contribution in [0.5, 0.6) is 0 Å². The van der Waals surface area contributed by atoms with Crippen LogP contribution >= 0.6 is 0 Å². The summed E-state index contributed by atoms with van der Waals surface area (Å²) in [5, 5.41) is 4.02. The fraction of sp³-hybridized carbons (Fsp3) is 0.526. The van der Waals surface area contributed by atoms with Gasteiger partial charge < -0.3 is 14.5 Å². The van der Waals surface area contributed by atoms with Gasteiger partial charge in [0.2, 0.25) is 6.10 Å². The smallest absolute Gasteiger partial charge is 0.310 e. The Kier molecular flexibility index (Phi) is 5.85. The van der Waals surface area contributed by atoms with Gasteiger partial charge in [0.25, 0.3) is 5.91 Å². The molecule has 1 aromatic carbocycles. The van der Waals surface area contributed by atoms with Crippen LogP contribution in [0.1, 0.15) is 31.7 Å². The van der Waals surface area contributed by atoms with Crippen LogP contribution in [0.4, 0.5) is 4.39 Å². The molecule has 0 radical (unpaired) electrons. The zero-order chi connectivity index (χ0) is 18.5. The van der Waals surface area contributed by atoms with Gasteiger partial charge in [-0.3, -0.25) is 9.59 Å². The number of benzene rings is 1. The lowest BCUT2D eigenvalue weighted by Gasteiger charge is -2.32. The van der Waals surface area contributed by atoms with Crippen LogP contribution in [-0.4, -0.2) is 48.3 Å². The standard InChI is InChI=1S/C19H23FN2O4/c1-2-25-19(24)14-4-3-9-22(12-14)18(23)17-11-16(21-26-17)10-13-5-7-15(20)8-6-13/h5-8,14,17H,2-4,9-12H2,1H3/t14-,17-/m0/s1. The normalized spacial score (nSPS) is 22.5. The van der Waals surface area contributed by atoms with E-state index in [1.807, 2.05) is 0 Å². The fourth-order valence-electron chi connectivity index (χ4n) is 3.33. The van der Waals surface area contributed by atoms with Crippen LogP contribution in [0.25, 0.3) is 0 Å². The summed E-state index contributed by atoms with van der Waals surface area (Å²) in [6, 6.07) is 6.19. The number of hydrogen-bond donors (Lipinski definition) is 0. The number of piperidine rings is 1. The van der Waals surface area contributed by atoms with Gasteiger partial charge >= 0.3 is 5.97 Å². The van der Waals surface area contributed by atoms with E-state index in [9.17, 15) is 14.0 Å². The zero-order valence-electron chi connectivity index (χ0n) is 14.8. The average molecular weight is 362 g/mol. The molecule has 0 bridgehead atoms. The highest BCUT2D eigenvalue weighted by atomic mass is 19.1. The molecule has 1 fully saturated rings. The highest BCUT2D eigenvalue weighted by Crippen LogP contribution is 2.22. The van der Waals surface area contributed by atoms with Crippen molar-refractivity contribution in [3.05, 3.63) is 35.6 Å².